The van der Waals surface area contributed by atoms with Gasteiger partial charge in [0.05, 0.1) is 6.61 Å². The molecule has 0 aliphatic rings. The number of ether oxygens (including phenoxy) is 2. The van der Waals surface area contributed by atoms with E-state index in [0.717, 1.165) is 5.56 Å². The molecule has 0 aliphatic heterocycles. The summed E-state index contributed by atoms with van der Waals surface area (Å²) in [5, 5.41) is 3.13. The van der Waals surface area contributed by atoms with Gasteiger partial charge in [0.1, 0.15) is 18.6 Å². The molecular formula is C13H17N5O2. The Hall–Kier alpha value is -2.41. The van der Waals surface area contributed by atoms with Crippen LogP contribution in [-0.2, 0) is 11.3 Å². The van der Waals surface area contributed by atoms with E-state index in [-0.39, 0.29) is 0 Å². The lowest BCUT2D eigenvalue weighted by Crippen LogP contribution is -2.10. The molecule has 0 aromatic carbocycles. The zero-order valence-electron chi connectivity index (χ0n) is 11.2. The highest BCUT2D eigenvalue weighted by atomic mass is 16.5. The maximum atomic E-state index is 5.96. The third kappa shape index (κ3) is 3.79. The Morgan fingerprint density at radius 2 is 2.20 bits per heavy atom. The molecule has 2 rings (SSSR count). The van der Waals surface area contributed by atoms with Crippen LogP contribution in [0.2, 0.25) is 0 Å². The predicted molar refractivity (Wildman–Crippen MR) is 75.4 cm³/mol. The number of hydrogen-bond donors (Lipinski definition) is 2. The van der Waals surface area contributed by atoms with Gasteiger partial charge in [0.25, 0.3) is 0 Å². The molecule has 20 heavy (non-hydrogen) atoms. The second-order valence-electron chi connectivity index (χ2n) is 4.00. The van der Waals surface area contributed by atoms with E-state index in [2.05, 4.69) is 20.3 Å². The van der Waals surface area contributed by atoms with E-state index in [4.69, 9.17) is 15.2 Å². The first-order chi connectivity index (χ1) is 9.81. The minimum absolute atomic E-state index is 0.353. The summed E-state index contributed by atoms with van der Waals surface area (Å²) >= 11 is 0. The first kappa shape index (κ1) is 14.0. The predicted octanol–water partition coefficient (Wildman–Crippen LogP) is 1.09. The standard InChI is InChI=1S/C13H17N5O2/c1-19-5-6-20-13-11(14)12(17-9-18-13)16-8-10-3-2-4-15-7-10/h2-4,7,9H,5-6,8,14H2,1H3,(H,16,17,18). The van der Waals surface area contributed by atoms with Crippen LogP contribution in [0.15, 0.2) is 30.9 Å². The van der Waals surface area contributed by atoms with Gasteiger partial charge in [0.2, 0.25) is 5.88 Å². The van der Waals surface area contributed by atoms with Crippen molar-refractivity contribution in [3.8, 4) is 5.88 Å². The molecule has 106 valence electrons. The Labute approximate surface area is 117 Å². The van der Waals surface area contributed by atoms with Gasteiger partial charge in [-0.15, -0.1) is 0 Å². The molecule has 7 heteroatoms. The summed E-state index contributed by atoms with van der Waals surface area (Å²) in [6.45, 7) is 1.44. The second kappa shape index (κ2) is 7.25. The Morgan fingerprint density at radius 1 is 1.30 bits per heavy atom. The highest BCUT2D eigenvalue weighted by Gasteiger charge is 2.08. The molecule has 0 spiro atoms. The molecular weight excluding hydrogens is 258 g/mol. The Morgan fingerprint density at radius 3 is 2.95 bits per heavy atom. The van der Waals surface area contributed by atoms with Crippen molar-refractivity contribution in [1.82, 2.24) is 15.0 Å². The van der Waals surface area contributed by atoms with Crippen molar-refractivity contribution in [3.63, 3.8) is 0 Å². The number of nitrogens with two attached hydrogens (primary N) is 1. The first-order valence-corrected chi connectivity index (χ1v) is 6.16. The van der Waals surface area contributed by atoms with Crippen molar-refractivity contribution in [1.29, 1.82) is 0 Å². The zero-order chi connectivity index (χ0) is 14.2. The number of pyridine rings is 1. The third-order valence-electron chi connectivity index (χ3n) is 2.56. The Kier molecular flexibility index (Phi) is 5.08. The van der Waals surface area contributed by atoms with E-state index in [9.17, 15) is 0 Å². The number of rotatable bonds is 7. The number of hydrogen-bond acceptors (Lipinski definition) is 7. The maximum Gasteiger partial charge on any atom is 0.242 e. The van der Waals surface area contributed by atoms with Gasteiger partial charge in [-0.25, -0.2) is 4.98 Å². The van der Waals surface area contributed by atoms with Crippen LogP contribution in [0.5, 0.6) is 5.88 Å². The minimum Gasteiger partial charge on any atom is -0.474 e. The summed E-state index contributed by atoms with van der Waals surface area (Å²) in [4.78, 5) is 12.1. The Balaban J connectivity index is 1.99. The minimum atomic E-state index is 0.353. The van der Waals surface area contributed by atoms with Crippen molar-refractivity contribution in [2.24, 2.45) is 0 Å². The van der Waals surface area contributed by atoms with Crippen LogP contribution in [-0.4, -0.2) is 35.3 Å². The van der Waals surface area contributed by atoms with Crippen molar-refractivity contribution in [3.05, 3.63) is 36.4 Å². The van der Waals surface area contributed by atoms with Gasteiger partial charge in [0.15, 0.2) is 5.82 Å². The van der Waals surface area contributed by atoms with Gasteiger partial charge < -0.3 is 20.5 Å². The van der Waals surface area contributed by atoms with Gasteiger partial charge in [-0.05, 0) is 11.6 Å². The lowest BCUT2D eigenvalue weighted by atomic mass is 10.3. The lowest BCUT2D eigenvalue weighted by molar-refractivity contribution is 0.144. The Bertz CT molecular complexity index is 536. The molecule has 0 aliphatic carbocycles. The van der Waals surface area contributed by atoms with Crippen molar-refractivity contribution in [2.75, 3.05) is 31.4 Å². The van der Waals surface area contributed by atoms with Crippen LogP contribution in [0.3, 0.4) is 0 Å². The number of nitrogens with one attached hydrogen (secondary N) is 1. The quantitative estimate of drug-likeness (QED) is 0.730. The average molecular weight is 275 g/mol. The number of nitrogens with zero attached hydrogens (tertiary/aromatic N) is 3. The van der Waals surface area contributed by atoms with E-state index in [0.29, 0.717) is 37.1 Å². The summed E-state index contributed by atoms with van der Waals surface area (Å²) in [5.41, 5.74) is 7.38. The second-order valence-corrected chi connectivity index (χ2v) is 4.00. The molecule has 2 aromatic rings. The first-order valence-electron chi connectivity index (χ1n) is 6.16. The average Bonchev–Trinajstić information content (AvgIpc) is 2.49. The van der Waals surface area contributed by atoms with Gasteiger partial charge in [0, 0.05) is 26.0 Å². The molecule has 0 unspecified atom stereocenters. The lowest BCUT2D eigenvalue weighted by Gasteiger charge is -2.11. The van der Waals surface area contributed by atoms with E-state index < -0.39 is 0 Å². The fourth-order valence-corrected chi connectivity index (χ4v) is 1.55. The van der Waals surface area contributed by atoms with E-state index >= 15 is 0 Å². The van der Waals surface area contributed by atoms with Crippen molar-refractivity contribution < 1.29 is 9.47 Å². The normalized spacial score (nSPS) is 10.2. The molecule has 0 saturated heterocycles. The number of aromatic nitrogens is 3. The SMILES string of the molecule is COCCOc1ncnc(NCc2cccnc2)c1N. The number of nitrogen functional groups attached to an aromatic ring is 1. The largest absolute Gasteiger partial charge is 0.474 e. The number of methoxy groups -OCH3 is 1. The topological polar surface area (TPSA) is 95.2 Å². The summed E-state index contributed by atoms with van der Waals surface area (Å²) in [7, 11) is 1.60. The summed E-state index contributed by atoms with van der Waals surface area (Å²) < 4.78 is 10.3. The summed E-state index contributed by atoms with van der Waals surface area (Å²) in [5.74, 6) is 0.891. The molecule has 7 nitrogen and oxygen atoms in total. The fraction of sp³-hybridized carbons (Fsp3) is 0.308. The maximum absolute atomic E-state index is 5.96. The third-order valence-corrected chi connectivity index (χ3v) is 2.56. The molecule has 2 aromatic heterocycles. The van der Waals surface area contributed by atoms with Crippen LogP contribution in [0, 0.1) is 0 Å². The highest BCUT2D eigenvalue weighted by Crippen LogP contribution is 2.24. The summed E-state index contributed by atoms with van der Waals surface area (Å²) in [6.07, 6.45) is 4.91. The molecule has 3 N–H and O–H groups in total. The molecule has 0 saturated carbocycles. The van der Waals surface area contributed by atoms with Crippen molar-refractivity contribution in [2.45, 2.75) is 6.54 Å². The molecule has 0 radical (unpaired) electrons. The molecule has 2 heterocycles. The van der Waals surface area contributed by atoms with E-state index in [1.807, 2.05) is 12.1 Å². The molecule has 0 fully saturated rings. The molecule has 0 atom stereocenters. The van der Waals surface area contributed by atoms with E-state index in [1.54, 1.807) is 19.5 Å². The van der Waals surface area contributed by atoms with Crippen LogP contribution < -0.4 is 15.8 Å². The van der Waals surface area contributed by atoms with Crippen LogP contribution in [0.1, 0.15) is 5.56 Å². The van der Waals surface area contributed by atoms with Crippen LogP contribution >= 0.6 is 0 Å². The van der Waals surface area contributed by atoms with Crippen LogP contribution in [0.4, 0.5) is 11.5 Å². The smallest absolute Gasteiger partial charge is 0.242 e. The van der Waals surface area contributed by atoms with Gasteiger partial charge in [-0.2, -0.15) is 4.98 Å². The van der Waals surface area contributed by atoms with Gasteiger partial charge in [-0.1, -0.05) is 6.07 Å². The van der Waals surface area contributed by atoms with E-state index in [1.165, 1.54) is 6.33 Å². The van der Waals surface area contributed by atoms with Crippen LogP contribution in [0.25, 0.3) is 0 Å². The number of anilines is 2. The fourth-order valence-electron chi connectivity index (χ4n) is 1.55. The van der Waals surface area contributed by atoms with Gasteiger partial charge >= 0.3 is 0 Å². The highest BCUT2D eigenvalue weighted by molar-refractivity contribution is 5.66. The van der Waals surface area contributed by atoms with Gasteiger partial charge in [-0.3, -0.25) is 4.98 Å². The summed E-state index contributed by atoms with van der Waals surface area (Å²) in [6, 6.07) is 3.84. The zero-order valence-corrected chi connectivity index (χ0v) is 11.2. The molecule has 0 amide bonds. The molecule has 0 bridgehead atoms. The monoisotopic (exact) mass is 275 g/mol. The van der Waals surface area contributed by atoms with Crippen molar-refractivity contribution >= 4 is 11.5 Å².